The number of nitrogens with zero attached hydrogens (tertiary/aromatic N) is 3. The van der Waals surface area contributed by atoms with Gasteiger partial charge in [0.15, 0.2) is 0 Å². The summed E-state index contributed by atoms with van der Waals surface area (Å²) in [7, 11) is 0. The van der Waals surface area contributed by atoms with E-state index < -0.39 is 11.5 Å². The van der Waals surface area contributed by atoms with Crippen LogP contribution in [0.3, 0.4) is 0 Å². The molecule has 1 aromatic heterocycles. The first-order valence-corrected chi connectivity index (χ1v) is 5.70. The van der Waals surface area contributed by atoms with Crippen molar-refractivity contribution in [2.24, 2.45) is 0 Å². The second kappa shape index (κ2) is 5.27. The van der Waals surface area contributed by atoms with Gasteiger partial charge in [-0.2, -0.15) is 5.10 Å². The van der Waals surface area contributed by atoms with Crippen LogP contribution in [-0.2, 0) is 4.79 Å². The smallest absolute Gasteiger partial charge is 0.323 e. The third kappa shape index (κ3) is 3.52. The maximum absolute atomic E-state index is 11.4. The molecular weight excluding hydrogens is 220 g/mol. The zero-order valence-corrected chi connectivity index (χ0v) is 10.7. The lowest BCUT2D eigenvalue weighted by Gasteiger charge is -2.31. The van der Waals surface area contributed by atoms with Gasteiger partial charge in [-0.1, -0.05) is 0 Å². The average molecular weight is 240 g/mol. The van der Waals surface area contributed by atoms with Gasteiger partial charge in [-0.05, 0) is 34.1 Å². The van der Waals surface area contributed by atoms with Crippen molar-refractivity contribution in [1.29, 1.82) is 0 Å². The highest BCUT2D eigenvalue weighted by Gasteiger charge is 2.35. The van der Waals surface area contributed by atoms with Gasteiger partial charge in [0.25, 0.3) is 0 Å². The molecule has 0 aliphatic rings. The summed E-state index contributed by atoms with van der Waals surface area (Å²) in [5, 5.41) is 16.4. The fourth-order valence-corrected chi connectivity index (χ4v) is 1.97. The standard InChI is InChI=1S/C11H20N4O2/c1-8(2)14-11(4,10(16)17)5-9(3)15-7-12-6-13-15/h6-9,14H,5H2,1-4H3,(H,16,17). The lowest BCUT2D eigenvalue weighted by molar-refractivity contribution is -0.145. The molecule has 6 nitrogen and oxygen atoms in total. The van der Waals surface area contributed by atoms with E-state index in [0.717, 1.165) is 0 Å². The summed E-state index contributed by atoms with van der Waals surface area (Å²) in [6.45, 7) is 7.49. The summed E-state index contributed by atoms with van der Waals surface area (Å²) in [5.74, 6) is -0.849. The van der Waals surface area contributed by atoms with Crippen molar-refractivity contribution in [3.8, 4) is 0 Å². The van der Waals surface area contributed by atoms with Crippen LogP contribution in [0.15, 0.2) is 12.7 Å². The lowest BCUT2D eigenvalue weighted by atomic mass is 9.93. The molecule has 2 atom stereocenters. The molecule has 0 amide bonds. The molecule has 0 spiro atoms. The normalized spacial score (nSPS) is 16.8. The van der Waals surface area contributed by atoms with E-state index in [1.54, 1.807) is 17.9 Å². The Balaban J connectivity index is 2.76. The molecule has 1 rings (SSSR count). The molecule has 0 aliphatic carbocycles. The SMILES string of the molecule is CC(C)NC(C)(CC(C)n1cncn1)C(=O)O. The zero-order chi connectivity index (χ0) is 13.1. The van der Waals surface area contributed by atoms with E-state index in [1.807, 2.05) is 20.8 Å². The van der Waals surface area contributed by atoms with Crippen LogP contribution in [0.4, 0.5) is 0 Å². The Bertz CT molecular complexity index is 364. The molecule has 2 unspecified atom stereocenters. The molecular formula is C11H20N4O2. The number of carboxylic acid groups (broad SMARTS) is 1. The Kier molecular flexibility index (Phi) is 4.22. The minimum atomic E-state index is -0.959. The summed E-state index contributed by atoms with van der Waals surface area (Å²) in [4.78, 5) is 15.2. The summed E-state index contributed by atoms with van der Waals surface area (Å²) in [6.07, 6.45) is 3.50. The highest BCUT2D eigenvalue weighted by Crippen LogP contribution is 2.21. The second-order valence-corrected chi connectivity index (χ2v) is 4.86. The third-order valence-electron chi connectivity index (χ3n) is 2.67. The molecule has 0 aromatic carbocycles. The Morgan fingerprint density at radius 1 is 1.53 bits per heavy atom. The number of carboxylic acids is 1. The van der Waals surface area contributed by atoms with Gasteiger partial charge in [-0.3, -0.25) is 14.8 Å². The molecule has 6 heteroatoms. The lowest BCUT2D eigenvalue weighted by Crippen LogP contribution is -2.53. The summed E-state index contributed by atoms with van der Waals surface area (Å²) in [5.41, 5.74) is -0.959. The van der Waals surface area contributed by atoms with Gasteiger partial charge in [0, 0.05) is 6.04 Å². The quantitative estimate of drug-likeness (QED) is 0.777. The molecule has 96 valence electrons. The first-order valence-electron chi connectivity index (χ1n) is 5.70. The second-order valence-electron chi connectivity index (χ2n) is 4.86. The number of rotatable bonds is 6. The van der Waals surface area contributed by atoms with Crippen LogP contribution < -0.4 is 5.32 Å². The molecule has 1 heterocycles. The largest absolute Gasteiger partial charge is 0.480 e. The highest BCUT2D eigenvalue weighted by atomic mass is 16.4. The zero-order valence-electron chi connectivity index (χ0n) is 10.7. The van der Waals surface area contributed by atoms with Crippen molar-refractivity contribution < 1.29 is 9.90 Å². The number of aliphatic carboxylic acids is 1. The van der Waals surface area contributed by atoms with Gasteiger partial charge in [-0.25, -0.2) is 4.98 Å². The molecule has 2 N–H and O–H groups in total. The summed E-state index contributed by atoms with van der Waals surface area (Å²) >= 11 is 0. The van der Waals surface area contributed by atoms with Crippen molar-refractivity contribution in [1.82, 2.24) is 20.1 Å². The fourth-order valence-electron chi connectivity index (χ4n) is 1.97. The number of hydrogen-bond donors (Lipinski definition) is 2. The van der Waals surface area contributed by atoms with Crippen molar-refractivity contribution in [2.45, 2.75) is 51.7 Å². The molecule has 0 radical (unpaired) electrons. The Hall–Kier alpha value is -1.43. The average Bonchev–Trinajstić information content (AvgIpc) is 2.68. The molecule has 0 saturated heterocycles. The first kappa shape index (κ1) is 13.6. The van der Waals surface area contributed by atoms with Crippen LogP contribution in [-0.4, -0.2) is 37.4 Å². The predicted octanol–water partition coefficient (Wildman–Crippen LogP) is 1.07. The number of aromatic nitrogens is 3. The topological polar surface area (TPSA) is 80.0 Å². The summed E-state index contributed by atoms with van der Waals surface area (Å²) in [6, 6.07) is 0.0869. The van der Waals surface area contributed by atoms with E-state index in [9.17, 15) is 9.90 Å². The number of nitrogens with one attached hydrogen (secondary N) is 1. The molecule has 0 saturated carbocycles. The van der Waals surface area contributed by atoms with Crippen LogP contribution in [0.1, 0.15) is 40.2 Å². The Morgan fingerprint density at radius 3 is 2.59 bits per heavy atom. The molecule has 0 bridgehead atoms. The Morgan fingerprint density at radius 2 is 2.18 bits per heavy atom. The van der Waals surface area contributed by atoms with E-state index in [2.05, 4.69) is 15.4 Å². The van der Waals surface area contributed by atoms with Gasteiger partial charge in [0.05, 0.1) is 6.04 Å². The number of hydrogen-bond acceptors (Lipinski definition) is 4. The van der Waals surface area contributed by atoms with E-state index >= 15 is 0 Å². The van der Waals surface area contributed by atoms with Gasteiger partial charge in [-0.15, -0.1) is 0 Å². The molecule has 17 heavy (non-hydrogen) atoms. The monoisotopic (exact) mass is 240 g/mol. The van der Waals surface area contributed by atoms with Gasteiger partial charge in [0.1, 0.15) is 18.2 Å². The minimum Gasteiger partial charge on any atom is -0.480 e. The molecule has 0 fully saturated rings. The van der Waals surface area contributed by atoms with Gasteiger partial charge < -0.3 is 5.11 Å². The Labute approximate surface area is 101 Å². The number of carbonyl (C=O) groups is 1. The van der Waals surface area contributed by atoms with E-state index in [0.29, 0.717) is 6.42 Å². The third-order valence-corrected chi connectivity index (χ3v) is 2.67. The molecule has 0 aliphatic heterocycles. The summed E-state index contributed by atoms with van der Waals surface area (Å²) < 4.78 is 1.67. The maximum atomic E-state index is 11.4. The van der Waals surface area contributed by atoms with Crippen LogP contribution in [0.2, 0.25) is 0 Å². The van der Waals surface area contributed by atoms with Crippen molar-refractivity contribution in [3.63, 3.8) is 0 Å². The predicted molar refractivity (Wildman–Crippen MR) is 63.7 cm³/mol. The van der Waals surface area contributed by atoms with Crippen LogP contribution in [0.25, 0.3) is 0 Å². The molecule has 1 aromatic rings. The van der Waals surface area contributed by atoms with Gasteiger partial charge in [0.2, 0.25) is 0 Å². The van der Waals surface area contributed by atoms with Crippen LogP contribution >= 0.6 is 0 Å². The van der Waals surface area contributed by atoms with Gasteiger partial charge >= 0.3 is 5.97 Å². The maximum Gasteiger partial charge on any atom is 0.323 e. The van der Waals surface area contributed by atoms with E-state index in [-0.39, 0.29) is 12.1 Å². The highest BCUT2D eigenvalue weighted by molar-refractivity contribution is 5.78. The van der Waals surface area contributed by atoms with Crippen LogP contribution in [0.5, 0.6) is 0 Å². The van der Waals surface area contributed by atoms with Crippen molar-refractivity contribution >= 4 is 5.97 Å². The minimum absolute atomic E-state index is 0.0233. The van der Waals surface area contributed by atoms with E-state index in [1.165, 1.54) is 6.33 Å². The van der Waals surface area contributed by atoms with Crippen LogP contribution in [0, 0.1) is 0 Å². The fraction of sp³-hybridized carbons (Fsp3) is 0.727. The van der Waals surface area contributed by atoms with Crippen molar-refractivity contribution in [3.05, 3.63) is 12.7 Å². The first-order chi connectivity index (χ1) is 7.85. The van der Waals surface area contributed by atoms with Crippen molar-refractivity contribution in [2.75, 3.05) is 0 Å². The van der Waals surface area contributed by atoms with E-state index in [4.69, 9.17) is 0 Å².